The number of ether oxygens (including phenoxy) is 2. The van der Waals surface area contributed by atoms with Gasteiger partial charge in [-0.05, 0) is 43.2 Å². The smallest absolute Gasteiger partial charge is 0.226 e. The molecule has 8 heteroatoms. The van der Waals surface area contributed by atoms with Crippen molar-refractivity contribution in [1.82, 2.24) is 19.7 Å². The van der Waals surface area contributed by atoms with Crippen molar-refractivity contribution in [3.63, 3.8) is 0 Å². The molecule has 0 radical (unpaired) electrons. The van der Waals surface area contributed by atoms with Gasteiger partial charge in [0.2, 0.25) is 5.95 Å². The number of ketones is 1. The van der Waals surface area contributed by atoms with Gasteiger partial charge in [0.05, 0.1) is 14.2 Å². The van der Waals surface area contributed by atoms with E-state index in [1.807, 2.05) is 30.3 Å². The van der Waals surface area contributed by atoms with E-state index in [-0.39, 0.29) is 5.78 Å². The molecule has 1 aliphatic carbocycles. The number of carbonyl (C=O) groups excluding carboxylic acids is 1. The Balaban J connectivity index is 1.73. The van der Waals surface area contributed by atoms with Crippen LogP contribution in [-0.4, -0.2) is 39.8 Å². The number of nitrogens with one attached hydrogen (secondary N) is 1. The Morgan fingerprint density at radius 1 is 1.10 bits per heavy atom. The molecule has 0 bridgehead atoms. The maximum absolute atomic E-state index is 13.0. The minimum atomic E-state index is -0.447. The monoisotopic (exact) mass is 403 g/mol. The third-order valence-electron chi connectivity index (χ3n) is 5.54. The maximum atomic E-state index is 13.0. The van der Waals surface area contributed by atoms with Gasteiger partial charge in [0.1, 0.15) is 17.5 Å². The van der Waals surface area contributed by atoms with Crippen LogP contribution in [0.25, 0.3) is 11.4 Å². The summed E-state index contributed by atoms with van der Waals surface area (Å²) in [6.07, 6.45) is 5.54. The summed E-state index contributed by atoms with van der Waals surface area (Å²) in [6, 6.07) is 8.87. The van der Waals surface area contributed by atoms with Crippen molar-refractivity contribution in [3.8, 4) is 22.9 Å². The zero-order chi connectivity index (χ0) is 20.7. The van der Waals surface area contributed by atoms with Crippen molar-refractivity contribution in [3.05, 3.63) is 59.6 Å². The van der Waals surface area contributed by atoms with Gasteiger partial charge in [-0.1, -0.05) is 0 Å². The Hall–Kier alpha value is -3.68. The lowest BCUT2D eigenvalue weighted by atomic mass is 9.85. The highest BCUT2D eigenvalue weighted by Gasteiger charge is 2.38. The summed E-state index contributed by atoms with van der Waals surface area (Å²) < 4.78 is 12.9. The molecule has 3 heterocycles. The van der Waals surface area contributed by atoms with Crippen molar-refractivity contribution in [2.45, 2.75) is 25.3 Å². The van der Waals surface area contributed by atoms with E-state index in [2.05, 4.69) is 10.3 Å². The van der Waals surface area contributed by atoms with Crippen molar-refractivity contribution < 1.29 is 14.3 Å². The highest BCUT2D eigenvalue weighted by molar-refractivity contribution is 5.99. The highest BCUT2D eigenvalue weighted by atomic mass is 16.5. The van der Waals surface area contributed by atoms with Gasteiger partial charge in [-0.3, -0.25) is 9.78 Å². The van der Waals surface area contributed by atoms with Crippen molar-refractivity contribution in [1.29, 1.82) is 0 Å². The molecule has 2 aromatic heterocycles. The molecule has 1 N–H and O–H groups in total. The molecule has 0 saturated carbocycles. The Kier molecular flexibility index (Phi) is 4.46. The quantitative estimate of drug-likeness (QED) is 0.714. The van der Waals surface area contributed by atoms with E-state index in [4.69, 9.17) is 19.6 Å². The minimum absolute atomic E-state index is 0.116. The van der Waals surface area contributed by atoms with Crippen LogP contribution in [0.5, 0.6) is 11.5 Å². The standard InChI is InChI=1S/C22H21N5O3/c1-29-14-6-7-18(30-2)15(12-14)20-19-16(4-3-5-17(19)28)24-22-25-21(26-27(20)22)13-8-10-23-11-9-13/h6-12,20H,3-5H2,1-2H3,(H,24,25,26). The molecule has 0 saturated heterocycles. The van der Waals surface area contributed by atoms with Crippen LogP contribution < -0.4 is 14.8 Å². The molecule has 0 amide bonds. The molecule has 1 aromatic carbocycles. The lowest BCUT2D eigenvalue weighted by molar-refractivity contribution is -0.116. The van der Waals surface area contributed by atoms with Crippen molar-refractivity contribution in [2.24, 2.45) is 0 Å². The van der Waals surface area contributed by atoms with Gasteiger partial charge in [-0.2, -0.15) is 4.98 Å². The van der Waals surface area contributed by atoms with Crippen LogP contribution >= 0.6 is 0 Å². The van der Waals surface area contributed by atoms with E-state index in [0.29, 0.717) is 35.3 Å². The zero-order valence-electron chi connectivity index (χ0n) is 16.8. The normalized spacial score (nSPS) is 17.8. The first-order chi connectivity index (χ1) is 14.7. The maximum Gasteiger partial charge on any atom is 0.226 e. The van der Waals surface area contributed by atoms with Crippen LogP contribution in [0.15, 0.2) is 54.0 Å². The van der Waals surface area contributed by atoms with Crippen LogP contribution in [0.2, 0.25) is 0 Å². The Bertz CT molecular complexity index is 1150. The van der Waals surface area contributed by atoms with Gasteiger partial charge < -0.3 is 14.8 Å². The van der Waals surface area contributed by atoms with E-state index in [1.165, 1.54) is 0 Å². The summed E-state index contributed by atoms with van der Waals surface area (Å²) in [6.45, 7) is 0. The number of Topliss-reactive ketones (excluding diaryl/α,β-unsaturated/α-hetero) is 1. The van der Waals surface area contributed by atoms with E-state index in [1.54, 1.807) is 31.3 Å². The number of methoxy groups -OCH3 is 2. The van der Waals surface area contributed by atoms with E-state index in [9.17, 15) is 4.79 Å². The van der Waals surface area contributed by atoms with Gasteiger partial charge in [-0.25, -0.2) is 4.68 Å². The molecular formula is C22H21N5O3. The fourth-order valence-electron chi connectivity index (χ4n) is 4.12. The first-order valence-corrected chi connectivity index (χ1v) is 9.81. The van der Waals surface area contributed by atoms with Crippen LogP contribution in [0, 0.1) is 0 Å². The summed E-state index contributed by atoms with van der Waals surface area (Å²) in [5.74, 6) is 2.64. The predicted molar refractivity (Wildman–Crippen MR) is 110 cm³/mol. The molecule has 1 atom stereocenters. The zero-order valence-corrected chi connectivity index (χ0v) is 16.8. The van der Waals surface area contributed by atoms with Gasteiger partial charge >= 0.3 is 0 Å². The molecule has 5 rings (SSSR count). The number of hydrogen-bond donors (Lipinski definition) is 1. The van der Waals surface area contributed by atoms with Crippen LogP contribution in [0.3, 0.4) is 0 Å². The molecule has 1 aliphatic heterocycles. The summed E-state index contributed by atoms with van der Waals surface area (Å²) in [5.41, 5.74) is 3.29. The third-order valence-corrected chi connectivity index (χ3v) is 5.54. The minimum Gasteiger partial charge on any atom is -0.497 e. The van der Waals surface area contributed by atoms with Crippen molar-refractivity contribution in [2.75, 3.05) is 19.5 Å². The molecule has 30 heavy (non-hydrogen) atoms. The SMILES string of the molecule is COc1ccc(OC)c(C2C3=C(CCCC3=O)Nc3nc(-c4ccncc4)nn32)c1. The first-order valence-electron chi connectivity index (χ1n) is 9.81. The summed E-state index contributed by atoms with van der Waals surface area (Å²) in [5, 5.41) is 8.11. The number of aromatic nitrogens is 4. The number of hydrogen-bond acceptors (Lipinski definition) is 7. The average molecular weight is 403 g/mol. The number of anilines is 1. The topological polar surface area (TPSA) is 91.2 Å². The molecule has 3 aromatic rings. The number of carbonyl (C=O) groups is 1. The van der Waals surface area contributed by atoms with Gasteiger partial charge in [0.25, 0.3) is 0 Å². The number of fused-ring (bicyclic) bond motifs is 1. The summed E-state index contributed by atoms with van der Waals surface area (Å²) in [7, 11) is 3.24. The molecule has 0 fully saturated rings. The number of nitrogens with zero attached hydrogens (tertiary/aromatic N) is 4. The van der Waals surface area contributed by atoms with Crippen LogP contribution in [0.4, 0.5) is 5.95 Å². The molecular weight excluding hydrogens is 382 g/mol. The average Bonchev–Trinajstić information content (AvgIpc) is 3.22. The lowest BCUT2D eigenvalue weighted by Gasteiger charge is -2.32. The summed E-state index contributed by atoms with van der Waals surface area (Å²) >= 11 is 0. The second-order valence-corrected chi connectivity index (χ2v) is 7.24. The van der Waals surface area contributed by atoms with Gasteiger partial charge in [0, 0.05) is 41.2 Å². The lowest BCUT2D eigenvalue weighted by Crippen LogP contribution is -2.31. The molecule has 2 aliphatic rings. The third kappa shape index (κ3) is 2.92. The molecule has 1 unspecified atom stereocenters. The second kappa shape index (κ2) is 7.29. The first kappa shape index (κ1) is 18.4. The van der Waals surface area contributed by atoms with E-state index < -0.39 is 6.04 Å². The summed E-state index contributed by atoms with van der Waals surface area (Å²) in [4.78, 5) is 21.8. The van der Waals surface area contributed by atoms with Gasteiger partial charge in [-0.15, -0.1) is 5.10 Å². The van der Waals surface area contributed by atoms with Crippen LogP contribution in [-0.2, 0) is 4.79 Å². The fraction of sp³-hybridized carbons (Fsp3) is 0.273. The van der Waals surface area contributed by atoms with Gasteiger partial charge in [0.15, 0.2) is 11.6 Å². The number of rotatable bonds is 4. The Morgan fingerprint density at radius 2 is 1.93 bits per heavy atom. The largest absolute Gasteiger partial charge is 0.497 e. The van der Waals surface area contributed by atoms with E-state index in [0.717, 1.165) is 29.7 Å². The number of benzene rings is 1. The number of allylic oxidation sites excluding steroid dienone is 2. The molecule has 152 valence electrons. The van der Waals surface area contributed by atoms with E-state index >= 15 is 0 Å². The predicted octanol–water partition coefficient (Wildman–Crippen LogP) is 3.38. The molecule has 0 spiro atoms. The fourth-order valence-corrected chi connectivity index (χ4v) is 4.12. The Labute approximate surface area is 173 Å². The highest BCUT2D eigenvalue weighted by Crippen LogP contribution is 2.44. The Morgan fingerprint density at radius 3 is 2.70 bits per heavy atom. The van der Waals surface area contributed by atoms with Crippen molar-refractivity contribution >= 4 is 11.7 Å². The number of pyridine rings is 1. The molecule has 8 nitrogen and oxygen atoms in total. The second-order valence-electron chi connectivity index (χ2n) is 7.24. The van der Waals surface area contributed by atoms with Crippen LogP contribution in [0.1, 0.15) is 30.9 Å².